The van der Waals surface area contributed by atoms with Crippen LogP contribution in [-0.2, 0) is 9.73 Å². The summed E-state index contributed by atoms with van der Waals surface area (Å²) in [4.78, 5) is 0. The highest BCUT2D eigenvalue weighted by Crippen LogP contribution is 2.06. The summed E-state index contributed by atoms with van der Waals surface area (Å²) in [5.74, 6) is 0.410. The molecular weight excluding hydrogens is 218 g/mol. The molecule has 1 unspecified atom stereocenters. The number of rotatable bonds is 4. The zero-order valence-electron chi connectivity index (χ0n) is 8.79. The van der Waals surface area contributed by atoms with E-state index in [0.717, 1.165) is 5.57 Å². The molecule has 0 aliphatic rings. The summed E-state index contributed by atoms with van der Waals surface area (Å²) in [6.07, 6.45) is 6.86. The summed E-state index contributed by atoms with van der Waals surface area (Å²) in [6, 6.07) is 0. The van der Waals surface area contributed by atoms with Crippen molar-refractivity contribution < 1.29 is 4.21 Å². The molecule has 0 aliphatic carbocycles. The Balaban J connectivity index is 4.79. The summed E-state index contributed by atoms with van der Waals surface area (Å²) >= 11 is 5.67. The lowest BCUT2D eigenvalue weighted by Gasteiger charge is -2.02. The molecule has 0 bridgehead atoms. The van der Waals surface area contributed by atoms with Crippen LogP contribution in [0, 0.1) is 0 Å². The first-order valence-corrected chi connectivity index (χ1v) is 6.61. The van der Waals surface area contributed by atoms with Crippen molar-refractivity contribution in [3.05, 3.63) is 35.4 Å². The van der Waals surface area contributed by atoms with Gasteiger partial charge in [0, 0.05) is 28.1 Å². The van der Waals surface area contributed by atoms with E-state index in [1.54, 1.807) is 32.4 Å². The highest BCUT2D eigenvalue weighted by molar-refractivity contribution is 7.93. The van der Waals surface area contributed by atoms with Gasteiger partial charge in [0.05, 0.1) is 5.75 Å². The fourth-order valence-corrected chi connectivity index (χ4v) is 1.80. The van der Waals surface area contributed by atoms with E-state index in [4.69, 9.17) is 11.6 Å². The Labute approximate surface area is 91.5 Å². The molecule has 0 aromatic heterocycles. The van der Waals surface area contributed by atoms with Gasteiger partial charge in [-0.15, -0.1) is 0 Å². The first kappa shape index (κ1) is 13.5. The van der Waals surface area contributed by atoms with E-state index in [1.165, 1.54) is 0 Å². The predicted molar refractivity (Wildman–Crippen MR) is 65.2 cm³/mol. The molecule has 0 aliphatic heterocycles. The van der Waals surface area contributed by atoms with Gasteiger partial charge in [0.25, 0.3) is 0 Å². The van der Waals surface area contributed by atoms with Crippen molar-refractivity contribution in [2.75, 3.05) is 19.1 Å². The van der Waals surface area contributed by atoms with E-state index in [1.807, 2.05) is 6.08 Å². The zero-order valence-corrected chi connectivity index (χ0v) is 10.4. The van der Waals surface area contributed by atoms with Gasteiger partial charge in [-0.25, -0.2) is 8.57 Å². The minimum absolute atomic E-state index is 0.410. The predicted octanol–water partition coefficient (Wildman–Crippen LogP) is 2.97. The Hall–Kier alpha value is -0.540. The lowest BCUT2D eigenvalue weighted by molar-refractivity contribution is 0.681. The number of allylic oxidation sites excluding steroid dienone is 4. The smallest absolute Gasteiger partial charge is 0.0565 e. The van der Waals surface area contributed by atoms with E-state index >= 15 is 0 Å². The summed E-state index contributed by atoms with van der Waals surface area (Å²) in [5.41, 5.74) is 0.878. The molecule has 0 radical (unpaired) electrons. The molecule has 2 nitrogen and oxygen atoms in total. The van der Waals surface area contributed by atoms with Crippen molar-refractivity contribution >= 4 is 21.3 Å². The lowest BCUT2D eigenvalue weighted by Crippen LogP contribution is -2.04. The van der Waals surface area contributed by atoms with Crippen LogP contribution in [0.5, 0.6) is 0 Å². The monoisotopic (exact) mass is 233 g/mol. The SMILES string of the molecule is C=C/C(=C\C=C(/C)Cl)CS(C)(=O)=NC. The molecule has 0 amide bonds. The Bertz CT molecular complexity index is 370. The summed E-state index contributed by atoms with van der Waals surface area (Å²) in [7, 11) is -0.554. The van der Waals surface area contributed by atoms with Crippen molar-refractivity contribution in [2.45, 2.75) is 6.92 Å². The van der Waals surface area contributed by atoms with Crippen LogP contribution in [-0.4, -0.2) is 23.3 Å². The standard InChI is InChI=1S/C10H16ClNOS/c1-5-10(7-6-9(2)11)8-14(4,13)12-3/h5-7H,1,8H2,2-4H3/b9-6+,10-7+. The van der Waals surface area contributed by atoms with Crippen LogP contribution in [0.25, 0.3) is 0 Å². The number of nitrogens with zero attached hydrogens (tertiary/aromatic N) is 1. The van der Waals surface area contributed by atoms with Gasteiger partial charge in [0.2, 0.25) is 0 Å². The largest absolute Gasteiger partial charge is 0.250 e. The fourth-order valence-electron chi connectivity index (χ4n) is 0.771. The molecular formula is C10H16ClNOS. The van der Waals surface area contributed by atoms with Gasteiger partial charge in [-0.1, -0.05) is 30.3 Å². The Morgan fingerprint density at radius 2 is 2.14 bits per heavy atom. The second-order valence-electron chi connectivity index (χ2n) is 2.99. The van der Waals surface area contributed by atoms with Crippen LogP contribution in [0.2, 0.25) is 0 Å². The minimum Gasteiger partial charge on any atom is -0.250 e. The van der Waals surface area contributed by atoms with Crippen molar-refractivity contribution in [1.82, 2.24) is 0 Å². The maximum Gasteiger partial charge on any atom is 0.0565 e. The van der Waals surface area contributed by atoms with Crippen molar-refractivity contribution in [3.63, 3.8) is 0 Å². The van der Waals surface area contributed by atoms with E-state index in [0.29, 0.717) is 10.8 Å². The molecule has 0 aromatic rings. The Morgan fingerprint density at radius 1 is 1.57 bits per heavy atom. The van der Waals surface area contributed by atoms with Gasteiger partial charge in [0.15, 0.2) is 0 Å². The van der Waals surface area contributed by atoms with Crippen LogP contribution in [0.1, 0.15) is 6.92 Å². The van der Waals surface area contributed by atoms with Gasteiger partial charge in [-0.05, 0) is 18.6 Å². The molecule has 0 heterocycles. The third kappa shape index (κ3) is 6.00. The first-order valence-electron chi connectivity index (χ1n) is 4.14. The first-order chi connectivity index (χ1) is 6.41. The van der Waals surface area contributed by atoms with Gasteiger partial charge in [0.1, 0.15) is 0 Å². The molecule has 0 fully saturated rings. The number of hydrogen-bond donors (Lipinski definition) is 0. The van der Waals surface area contributed by atoms with E-state index in [-0.39, 0.29) is 0 Å². The van der Waals surface area contributed by atoms with Gasteiger partial charge in [-0.2, -0.15) is 0 Å². The number of halogens is 1. The molecule has 0 N–H and O–H groups in total. The lowest BCUT2D eigenvalue weighted by atomic mass is 10.3. The fraction of sp³-hybridized carbons (Fsp3) is 0.400. The van der Waals surface area contributed by atoms with Crippen molar-refractivity contribution in [2.24, 2.45) is 4.36 Å². The second-order valence-corrected chi connectivity index (χ2v) is 6.15. The topological polar surface area (TPSA) is 29.4 Å². The number of hydrogen-bond acceptors (Lipinski definition) is 2. The van der Waals surface area contributed by atoms with Gasteiger partial charge < -0.3 is 0 Å². The summed E-state index contributed by atoms with van der Waals surface area (Å²) in [6.45, 7) is 5.43. The molecule has 14 heavy (non-hydrogen) atoms. The molecule has 0 saturated carbocycles. The van der Waals surface area contributed by atoms with E-state index in [2.05, 4.69) is 10.9 Å². The average Bonchev–Trinajstić information content (AvgIpc) is 2.12. The summed E-state index contributed by atoms with van der Waals surface area (Å²) in [5, 5.41) is 0.681. The molecule has 0 saturated heterocycles. The molecule has 0 aromatic carbocycles. The Kier molecular flexibility index (Phi) is 5.81. The molecule has 0 rings (SSSR count). The maximum atomic E-state index is 11.7. The van der Waals surface area contributed by atoms with Crippen molar-refractivity contribution in [3.8, 4) is 0 Å². The van der Waals surface area contributed by atoms with Gasteiger partial charge >= 0.3 is 0 Å². The molecule has 0 spiro atoms. The third-order valence-electron chi connectivity index (χ3n) is 1.61. The summed E-state index contributed by atoms with van der Waals surface area (Å²) < 4.78 is 15.5. The van der Waals surface area contributed by atoms with Crippen molar-refractivity contribution in [1.29, 1.82) is 0 Å². The third-order valence-corrected chi connectivity index (χ3v) is 3.38. The van der Waals surface area contributed by atoms with Crippen LogP contribution >= 0.6 is 11.6 Å². The van der Waals surface area contributed by atoms with Gasteiger partial charge in [-0.3, -0.25) is 0 Å². The van der Waals surface area contributed by atoms with Crippen LogP contribution in [0.4, 0.5) is 0 Å². The average molecular weight is 234 g/mol. The zero-order chi connectivity index (χ0) is 11.2. The molecule has 80 valence electrons. The molecule has 1 atom stereocenters. The highest BCUT2D eigenvalue weighted by Gasteiger charge is 2.01. The minimum atomic E-state index is -2.12. The van der Waals surface area contributed by atoms with E-state index < -0.39 is 9.73 Å². The highest BCUT2D eigenvalue weighted by atomic mass is 35.5. The molecule has 4 heteroatoms. The normalized spacial score (nSPS) is 17.4. The van der Waals surface area contributed by atoms with Crippen LogP contribution in [0.3, 0.4) is 0 Å². The second kappa shape index (κ2) is 6.04. The van der Waals surface area contributed by atoms with Crippen LogP contribution in [0.15, 0.2) is 39.8 Å². The Morgan fingerprint density at radius 3 is 2.50 bits per heavy atom. The maximum absolute atomic E-state index is 11.7. The van der Waals surface area contributed by atoms with Crippen LogP contribution < -0.4 is 0 Å². The van der Waals surface area contributed by atoms with E-state index in [9.17, 15) is 4.21 Å². The quantitative estimate of drug-likeness (QED) is 0.687.